The second kappa shape index (κ2) is 3.75. The van der Waals surface area contributed by atoms with Crippen molar-refractivity contribution in [1.29, 1.82) is 0 Å². The zero-order valence-electron chi connectivity index (χ0n) is 7.95. The molecule has 0 saturated carbocycles. The highest BCUT2D eigenvalue weighted by Crippen LogP contribution is 2.10. The van der Waals surface area contributed by atoms with Crippen molar-refractivity contribution in [2.75, 3.05) is 13.1 Å². The molecule has 3 heteroatoms. The molecule has 0 amide bonds. The summed E-state index contributed by atoms with van der Waals surface area (Å²) in [7, 11) is 0. The maximum Gasteiger partial charge on any atom is 0.120 e. The van der Waals surface area contributed by atoms with Crippen LogP contribution in [-0.4, -0.2) is 28.0 Å². The summed E-state index contributed by atoms with van der Waals surface area (Å²) in [6, 6.07) is 0. The number of hydrogen-bond donors (Lipinski definition) is 1. The summed E-state index contributed by atoms with van der Waals surface area (Å²) in [5.41, 5.74) is 1.47. The lowest BCUT2D eigenvalue weighted by molar-refractivity contribution is 0.276. The molecular weight excluding hydrogens is 162 g/mol. The van der Waals surface area contributed by atoms with Gasteiger partial charge in [-0.2, -0.15) is 0 Å². The molecule has 1 aromatic rings. The third kappa shape index (κ3) is 2.18. The van der Waals surface area contributed by atoms with E-state index in [1.54, 1.807) is 0 Å². The van der Waals surface area contributed by atoms with Gasteiger partial charge in [0, 0.05) is 25.5 Å². The molecule has 0 atom stereocenters. The van der Waals surface area contributed by atoms with Crippen LogP contribution >= 0.6 is 0 Å². The van der Waals surface area contributed by atoms with Crippen molar-refractivity contribution >= 4 is 0 Å². The van der Waals surface area contributed by atoms with Gasteiger partial charge < -0.3 is 4.98 Å². The molecular formula is C10H15N3. The molecule has 70 valence electrons. The maximum atomic E-state index is 4.22. The number of H-pyrrole nitrogens is 1. The zero-order valence-corrected chi connectivity index (χ0v) is 7.95. The molecule has 1 aliphatic heterocycles. The minimum atomic E-state index is 0.943. The van der Waals surface area contributed by atoms with Gasteiger partial charge in [0.05, 0.1) is 6.54 Å². The van der Waals surface area contributed by atoms with E-state index in [1.807, 2.05) is 12.4 Å². The van der Waals surface area contributed by atoms with E-state index in [9.17, 15) is 0 Å². The van der Waals surface area contributed by atoms with Crippen molar-refractivity contribution in [2.24, 2.45) is 0 Å². The molecule has 1 aliphatic rings. The Hall–Kier alpha value is -1.09. The predicted molar refractivity (Wildman–Crippen MR) is 52.2 cm³/mol. The van der Waals surface area contributed by atoms with Crippen molar-refractivity contribution in [3.63, 3.8) is 0 Å². The van der Waals surface area contributed by atoms with E-state index < -0.39 is 0 Å². The van der Waals surface area contributed by atoms with Crippen LogP contribution in [0.2, 0.25) is 0 Å². The standard InChI is InChI=1S/C10H15N3/c1-9-3-2-6-13(7-9)8-10-11-4-5-12-10/h3-5H,2,6-8H2,1H3,(H,11,12). The Morgan fingerprint density at radius 1 is 1.62 bits per heavy atom. The van der Waals surface area contributed by atoms with Crippen molar-refractivity contribution in [2.45, 2.75) is 19.9 Å². The second-order valence-corrected chi connectivity index (χ2v) is 3.59. The fourth-order valence-corrected chi connectivity index (χ4v) is 1.72. The molecule has 1 aromatic heterocycles. The van der Waals surface area contributed by atoms with Gasteiger partial charge in [0.25, 0.3) is 0 Å². The summed E-state index contributed by atoms with van der Waals surface area (Å²) < 4.78 is 0. The van der Waals surface area contributed by atoms with Gasteiger partial charge in [0.15, 0.2) is 0 Å². The van der Waals surface area contributed by atoms with Crippen LogP contribution in [0.25, 0.3) is 0 Å². The molecule has 1 N–H and O–H groups in total. The summed E-state index contributed by atoms with van der Waals surface area (Å²) in [6.45, 7) is 5.37. The Kier molecular flexibility index (Phi) is 2.45. The Morgan fingerprint density at radius 3 is 3.23 bits per heavy atom. The molecule has 0 radical (unpaired) electrons. The Labute approximate surface area is 78.5 Å². The van der Waals surface area contributed by atoms with E-state index in [-0.39, 0.29) is 0 Å². The monoisotopic (exact) mass is 177 g/mol. The lowest BCUT2D eigenvalue weighted by atomic mass is 10.1. The average Bonchev–Trinajstić information content (AvgIpc) is 2.57. The fraction of sp³-hybridized carbons (Fsp3) is 0.500. The highest BCUT2D eigenvalue weighted by molar-refractivity contribution is 5.05. The predicted octanol–water partition coefficient (Wildman–Crippen LogP) is 1.56. The molecule has 0 aliphatic carbocycles. The third-order valence-electron chi connectivity index (χ3n) is 2.34. The number of imidazole rings is 1. The first-order chi connectivity index (χ1) is 6.34. The van der Waals surface area contributed by atoms with Crippen molar-refractivity contribution < 1.29 is 0 Å². The molecule has 0 unspecified atom stereocenters. The molecule has 0 saturated heterocycles. The minimum absolute atomic E-state index is 0.943. The van der Waals surface area contributed by atoms with E-state index >= 15 is 0 Å². The first-order valence-electron chi connectivity index (χ1n) is 4.71. The van der Waals surface area contributed by atoms with Gasteiger partial charge in [-0.25, -0.2) is 4.98 Å². The van der Waals surface area contributed by atoms with Gasteiger partial charge in [-0.1, -0.05) is 11.6 Å². The number of hydrogen-bond acceptors (Lipinski definition) is 2. The molecule has 0 bridgehead atoms. The van der Waals surface area contributed by atoms with Crippen LogP contribution in [0.4, 0.5) is 0 Å². The van der Waals surface area contributed by atoms with Crippen LogP contribution in [0, 0.1) is 0 Å². The second-order valence-electron chi connectivity index (χ2n) is 3.59. The Balaban J connectivity index is 1.93. The first kappa shape index (κ1) is 8.51. The van der Waals surface area contributed by atoms with Gasteiger partial charge >= 0.3 is 0 Å². The molecule has 0 fully saturated rings. The van der Waals surface area contributed by atoms with Crippen molar-refractivity contribution in [1.82, 2.24) is 14.9 Å². The summed E-state index contributed by atoms with van der Waals surface area (Å²) in [4.78, 5) is 9.76. The topological polar surface area (TPSA) is 31.9 Å². The largest absolute Gasteiger partial charge is 0.348 e. The summed E-state index contributed by atoms with van der Waals surface area (Å²) >= 11 is 0. The minimum Gasteiger partial charge on any atom is -0.348 e. The molecule has 2 rings (SSSR count). The summed E-state index contributed by atoms with van der Waals surface area (Å²) in [5.74, 6) is 1.06. The Morgan fingerprint density at radius 2 is 2.54 bits per heavy atom. The van der Waals surface area contributed by atoms with Crippen LogP contribution in [-0.2, 0) is 6.54 Å². The normalized spacial score (nSPS) is 18.7. The van der Waals surface area contributed by atoms with Gasteiger partial charge in [0.1, 0.15) is 5.82 Å². The molecule has 0 aromatic carbocycles. The van der Waals surface area contributed by atoms with Crippen molar-refractivity contribution in [3.05, 3.63) is 29.9 Å². The molecule has 0 spiro atoms. The van der Waals surface area contributed by atoms with Gasteiger partial charge in [-0.3, -0.25) is 4.90 Å². The smallest absolute Gasteiger partial charge is 0.120 e. The average molecular weight is 177 g/mol. The number of aromatic nitrogens is 2. The fourth-order valence-electron chi connectivity index (χ4n) is 1.72. The lowest BCUT2D eigenvalue weighted by Crippen LogP contribution is -2.29. The van der Waals surface area contributed by atoms with Gasteiger partial charge in [0.2, 0.25) is 0 Å². The van der Waals surface area contributed by atoms with Crippen LogP contribution in [0.1, 0.15) is 19.2 Å². The van der Waals surface area contributed by atoms with E-state index in [2.05, 4.69) is 27.9 Å². The third-order valence-corrected chi connectivity index (χ3v) is 2.34. The summed E-state index contributed by atoms with van der Waals surface area (Å²) in [6.07, 6.45) is 7.18. The number of nitrogens with one attached hydrogen (secondary N) is 1. The van der Waals surface area contributed by atoms with Crippen LogP contribution in [0.3, 0.4) is 0 Å². The number of rotatable bonds is 2. The number of nitrogens with zero attached hydrogens (tertiary/aromatic N) is 2. The maximum absolute atomic E-state index is 4.22. The van der Waals surface area contributed by atoms with Gasteiger partial charge in [-0.15, -0.1) is 0 Å². The molecule has 3 nitrogen and oxygen atoms in total. The summed E-state index contributed by atoms with van der Waals surface area (Å²) in [5, 5.41) is 0. The van der Waals surface area contributed by atoms with E-state index in [0.717, 1.165) is 25.5 Å². The zero-order chi connectivity index (χ0) is 9.10. The van der Waals surface area contributed by atoms with Crippen LogP contribution in [0.15, 0.2) is 24.0 Å². The Bertz CT molecular complexity index is 287. The molecule has 2 heterocycles. The van der Waals surface area contributed by atoms with Gasteiger partial charge in [-0.05, 0) is 13.3 Å². The SMILES string of the molecule is CC1=CCCN(Cc2ncc[nH]2)C1. The van der Waals surface area contributed by atoms with Crippen molar-refractivity contribution in [3.8, 4) is 0 Å². The van der Waals surface area contributed by atoms with E-state index in [1.165, 1.54) is 12.0 Å². The lowest BCUT2D eigenvalue weighted by Gasteiger charge is -2.24. The quantitative estimate of drug-likeness (QED) is 0.695. The first-order valence-corrected chi connectivity index (χ1v) is 4.71. The highest BCUT2D eigenvalue weighted by Gasteiger charge is 2.10. The highest BCUT2D eigenvalue weighted by atomic mass is 15.1. The van der Waals surface area contributed by atoms with Crippen LogP contribution < -0.4 is 0 Å². The molecule has 13 heavy (non-hydrogen) atoms. The van der Waals surface area contributed by atoms with E-state index in [4.69, 9.17) is 0 Å². The van der Waals surface area contributed by atoms with Crippen LogP contribution in [0.5, 0.6) is 0 Å². The number of aromatic amines is 1. The van der Waals surface area contributed by atoms with E-state index in [0.29, 0.717) is 0 Å².